The first-order valence-corrected chi connectivity index (χ1v) is 8.41. The van der Waals surface area contributed by atoms with Crippen molar-refractivity contribution in [1.29, 1.82) is 0 Å². The van der Waals surface area contributed by atoms with E-state index in [4.69, 9.17) is 0 Å². The SMILES string of the molecule is C[C@@H](C/C=C/c1cncnc1)[C@](O)(Cn1cncn1)c1ccc(F)cc1F. The van der Waals surface area contributed by atoms with E-state index in [0.717, 1.165) is 17.7 Å². The average molecular weight is 371 g/mol. The van der Waals surface area contributed by atoms with E-state index in [1.54, 1.807) is 19.3 Å². The molecule has 0 aliphatic rings. The normalized spacial score (nSPS) is 15.0. The predicted molar refractivity (Wildman–Crippen MR) is 95.1 cm³/mol. The number of aromatic nitrogens is 5. The zero-order valence-electron chi connectivity index (χ0n) is 14.7. The topological polar surface area (TPSA) is 76.7 Å². The zero-order chi connectivity index (χ0) is 19.3. The summed E-state index contributed by atoms with van der Waals surface area (Å²) in [5.74, 6) is -1.90. The second-order valence-corrected chi connectivity index (χ2v) is 6.35. The number of benzene rings is 1. The largest absolute Gasteiger partial charge is 0.383 e. The standard InChI is InChI=1S/C19H19F2N5O/c1-14(3-2-4-15-8-22-11-23-9-15)19(27,10-26-13-24-12-25-26)17-6-5-16(20)7-18(17)21/h2,4-9,11-14,27H,3,10H2,1H3/b4-2+/t14-,19+/m0/s1. The third-order valence-electron chi connectivity index (χ3n) is 4.46. The van der Waals surface area contributed by atoms with E-state index < -0.39 is 23.2 Å². The van der Waals surface area contributed by atoms with Crippen LogP contribution in [0.25, 0.3) is 6.08 Å². The van der Waals surface area contributed by atoms with Crippen LogP contribution < -0.4 is 0 Å². The quantitative estimate of drug-likeness (QED) is 0.691. The molecule has 0 saturated carbocycles. The van der Waals surface area contributed by atoms with E-state index in [1.165, 1.54) is 29.7 Å². The summed E-state index contributed by atoms with van der Waals surface area (Å²) in [6.45, 7) is 1.78. The molecule has 27 heavy (non-hydrogen) atoms. The van der Waals surface area contributed by atoms with Crippen LogP contribution in [0.4, 0.5) is 8.78 Å². The summed E-state index contributed by atoms with van der Waals surface area (Å²) in [6.07, 6.45) is 11.7. The fourth-order valence-electron chi connectivity index (χ4n) is 2.91. The summed E-state index contributed by atoms with van der Waals surface area (Å²) >= 11 is 0. The Hall–Kier alpha value is -3.00. The molecule has 2 aromatic heterocycles. The summed E-state index contributed by atoms with van der Waals surface area (Å²) in [7, 11) is 0. The molecule has 2 atom stereocenters. The van der Waals surface area contributed by atoms with Gasteiger partial charge in [0.15, 0.2) is 0 Å². The van der Waals surface area contributed by atoms with Crippen LogP contribution in [-0.2, 0) is 12.1 Å². The minimum Gasteiger partial charge on any atom is -0.383 e. The van der Waals surface area contributed by atoms with Crippen molar-refractivity contribution >= 4 is 6.08 Å². The Labute approximate surface area is 155 Å². The summed E-state index contributed by atoms with van der Waals surface area (Å²) < 4.78 is 29.2. The summed E-state index contributed by atoms with van der Waals surface area (Å²) in [6, 6.07) is 3.17. The van der Waals surface area contributed by atoms with Gasteiger partial charge in [-0.05, 0) is 18.4 Å². The Morgan fingerprint density at radius 1 is 1.19 bits per heavy atom. The highest BCUT2D eigenvalue weighted by atomic mass is 19.1. The Bertz CT molecular complexity index is 902. The lowest BCUT2D eigenvalue weighted by atomic mass is 9.80. The van der Waals surface area contributed by atoms with Crippen molar-refractivity contribution < 1.29 is 13.9 Å². The van der Waals surface area contributed by atoms with E-state index in [2.05, 4.69) is 20.1 Å². The van der Waals surface area contributed by atoms with Crippen LogP contribution in [0.1, 0.15) is 24.5 Å². The Balaban J connectivity index is 1.87. The maximum atomic E-state index is 14.4. The molecule has 0 saturated heterocycles. The van der Waals surface area contributed by atoms with Crippen molar-refractivity contribution in [3.63, 3.8) is 0 Å². The second-order valence-electron chi connectivity index (χ2n) is 6.35. The Kier molecular flexibility index (Phi) is 5.66. The van der Waals surface area contributed by atoms with Crippen molar-refractivity contribution in [2.24, 2.45) is 5.92 Å². The monoisotopic (exact) mass is 371 g/mol. The molecule has 0 unspecified atom stereocenters. The van der Waals surface area contributed by atoms with Crippen molar-refractivity contribution in [2.75, 3.05) is 0 Å². The van der Waals surface area contributed by atoms with Crippen molar-refractivity contribution in [2.45, 2.75) is 25.5 Å². The van der Waals surface area contributed by atoms with E-state index in [9.17, 15) is 13.9 Å². The van der Waals surface area contributed by atoms with Gasteiger partial charge in [-0.15, -0.1) is 0 Å². The van der Waals surface area contributed by atoms with Gasteiger partial charge in [-0.3, -0.25) is 0 Å². The minimum absolute atomic E-state index is 0.0149. The van der Waals surface area contributed by atoms with Gasteiger partial charge < -0.3 is 5.11 Å². The molecule has 6 nitrogen and oxygen atoms in total. The lowest BCUT2D eigenvalue weighted by Gasteiger charge is -2.34. The van der Waals surface area contributed by atoms with Gasteiger partial charge in [-0.1, -0.05) is 25.1 Å². The lowest BCUT2D eigenvalue weighted by Crippen LogP contribution is -2.39. The fraction of sp³-hybridized carbons (Fsp3) is 0.263. The van der Waals surface area contributed by atoms with E-state index in [0.29, 0.717) is 6.42 Å². The number of aliphatic hydroxyl groups is 1. The Morgan fingerprint density at radius 2 is 1.96 bits per heavy atom. The maximum absolute atomic E-state index is 14.4. The van der Waals surface area contributed by atoms with Gasteiger partial charge in [-0.25, -0.2) is 28.4 Å². The fourth-order valence-corrected chi connectivity index (χ4v) is 2.91. The smallest absolute Gasteiger partial charge is 0.137 e. The van der Waals surface area contributed by atoms with Crippen LogP contribution in [0.5, 0.6) is 0 Å². The lowest BCUT2D eigenvalue weighted by molar-refractivity contribution is -0.0379. The van der Waals surface area contributed by atoms with Crippen LogP contribution in [0.2, 0.25) is 0 Å². The molecule has 8 heteroatoms. The van der Waals surface area contributed by atoms with E-state index >= 15 is 0 Å². The molecule has 1 N–H and O–H groups in total. The van der Waals surface area contributed by atoms with Crippen LogP contribution in [0.15, 0.2) is 55.7 Å². The van der Waals surface area contributed by atoms with Crippen molar-refractivity contribution in [3.8, 4) is 0 Å². The summed E-state index contributed by atoms with van der Waals surface area (Å²) in [5.41, 5.74) is -0.774. The van der Waals surface area contributed by atoms with Gasteiger partial charge in [0.25, 0.3) is 0 Å². The van der Waals surface area contributed by atoms with Crippen molar-refractivity contribution in [3.05, 3.63) is 78.4 Å². The van der Waals surface area contributed by atoms with Gasteiger partial charge >= 0.3 is 0 Å². The second kappa shape index (κ2) is 8.13. The highest BCUT2D eigenvalue weighted by Crippen LogP contribution is 2.35. The third-order valence-corrected chi connectivity index (χ3v) is 4.46. The number of nitrogens with zero attached hydrogens (tertiary/aromatic N) is 5. The Morgan fingerprint density at radius 3 is 2.63 bits per heavy atom. The molecule has 0 aliphatic heterocycles. The van der Waals surface area contributed by atoms with Crippen LogP contribution in [0, 0.1) is 17.6 Å². The first-order valence-electron chi connectivity index (χ1n) is 8.41. The predicted octanol–water partition coefficient (Wildman–Crippen LogP) is 2.97. The van der Waals surface area contributed by atoms with Gasteiger partial charge in [0.05, 0.1) is 6.54 Å². The number of halogens is 2. The molecule has 0 aliphatic carbocycles. The maximum Gasteiger partial charge on any atom is 0.137 e. The summed E-state index contributed by atoms with van der Waals surface area (Å²) in [5, 5.41) is 15.4. The highest BCUT2D eigenvalue weighted by molar-refractivity contribution is 5.46. The van der Waals surface area contributed by atoms with E-state index in [-0.39, 0.29) is 12.1 Å². The van der Waals surface area contributed by atoms with E-state index in [1.807, 2.05) is 12.2 Å². The number of rotatable bonds is 7. The number of allylic oxidation sites excluding steroid dienone is 1. The van der Waals surface area contributed by atoms with Crippen LogP contribution in [0.3, 0.4) is 0 Å². The molecule has 0 radical (unpaired) electrons. The van der Waals surface area contributed by atoms with Crippen LogP contribution in [-0.4, -0.2) is 29.8 Å². The zero-order valence-corrected chi connectivity index (χ0v) is 14.7. The molecule has 0 fully saturated rings. The molecule has 0 bridgehead atoms. The molecule has 2 heterocycles. The molecule has 140 valence electrons. The minimum atomic E-state index is -1.61. The molecular weight excluding hydrogens is 352 g/mol. The molecular formula is C19H19F2N5O. The van der Waals surface area contributed by atoms with Gasteiger partial charge in [0.2, 0.25) is 0 Å². The third kappa shape index (κ3) is 4.40. The molecule has 0 amide bonds. The molecule has 1 aromatic carbocycles. The first kappa shape index (κ1) is 18.8. The number of hydrogen-bond donors (Lipinski definition) is 1. The van der Waals surface area contributed by atoms with Gasteiger partial charge in [-0.2, -0.15) is 5.10 Å². The van der Waals surface area contributed by atoms with Gasteiger partial charge in [0, 0.05) is 29.6 Å². The summed E-state index contributed by atoms with van der Waals surface area (Å²) in [4.78, 5) is 11.7. The molecule has 3 aromatic rings. The molecule has 3 rings (SSSR count). The highest BCUT2D eigenvalue weighted by Gasteiger charge is 2.38. The average Bonchev–Trinajstić information content (AvgIpc) is 3.15. The van der Waals surface area contributed by atoms with Crippen molar-refractivity contribution in [1.82, 2.24) is 24.7 Å². The first-order chi connectivity index (χ1) is 13.0. The van der Waals surface area contributed by atoms with Crippen LogP contribution >= 0.6 is 0 Å². The number of hydrogen-bond acceptors (Lipinski definition) is 5. The molecule has 0 spiro atoms. The van der Waals surface area contributed by atoms with Gasteiger partial charge in [0.1, 0.15) is 36.2 Å².